The Balaban J connectivity index is 1.23. The molecule has 1 saturated heterocycles. The van der Waals surface area contributed by atoms with E-state index in [1.54, 1.807) is 0 Å². The van der Waals surface area contributed by atoms with Crippen LogP contribution in [-0.2, 0) is 22.6 Å². The van der Waals surface area contributed by atoms with Gasteiger partial charge in [0.2, 0.25) is 10.0 Å². The molecule has 0 spiro atoms. The lowest BCUT2D eigenvalue weighted by atomic mass is 10.2. The van der Waals surface area contributed by atoms with Gasteiger partial charge in [0, 0.05) is 39.1 Å². The maximum absolute atomic E-state index is 12.8. The number of H-pyrrole nitrogens is 1. The Morgan fingerprint density at radius 2 is 1.71 bits per heavy atom. The maximum Gasteiger partial charge on any atom is 0.416 e. The summed E-state index contributed by atoms with van der Waals surface area (Å²) in [6.07, 6.45) is -3.17. The molecule has 2 N–H and O–H groups in total. The number of hydrogen-bond donors (Lipinski definition) is 2. The molecule has 0 atom stereocenters. The van der Waals surface area contributed by atoms with Gasteiger partial charge in [0.25, 0.3) is 0 Å². The number of aryl methyl sites for hydroxylation is 1. The molecule has 0 aliphatic carbocycles. The van der Waals surface area contributed by atoms with Crippen molar-refractivity contribution in [3.8, 4) is 0 Å². The van der Waals surface area contributed by atoms with E-state index >= 15 is 0 Å². The van der Waals surface area contributed by atoms with Crippen molar-refractivity contribution in [3.05, 3.63) is 59.9 Å². The molecule has 2 heterocycles. The zero-order valence-corrected chi connectivity index (χ0v) is 19.0. The molecule has 1 fully saturated rings. The number of hydrogen-bond acceptors (Lipinski definition) is 4. The Morgan fingerprint density at radius 1 is 1.03 bits per heavy atom. The van der Waals surface area contributed by atoms with Crippen LogP contribution in [-0.4, -0.2) is 66.3 Å². The van der Waals surface area contributed by atoms with Gasteiger partial charge in [-0.05, 0) is 42.8 Å². The number of aromatic amines is 1. The fraction of sp³-hybridized carbons (Fsp3) is 0.364. The molecular weight excluding hydrogens is 471 g/mol. The van der Waals surface area contributed by atoms with E-state index < -0.39 is 21.8 Å². The third kappa shape index (κ3) is 5.33. The minimum Gasteiger partial charge on any atom is -0.342 e. The lowest BCUT2D eigenvalue weighted by Gasteiger charge is -2.34. The fourth-order valence-corrected chi connectivity index (χ4v) is 5.21. The van der Waals surface area contributed by atoms with Crippen molar-refractivity contribution in [2.24, 2.45) is 0 Å². The summed E-state index contributed by atoms with van der Waals surface area (Å²) in [6, 6.07) is 10.9. The number of carbonyl (C=O) groups is 1. The highest BCUT2D eigenvalue weighted by Gasteiger charge is 2.33. The molecule has 2 aromatic carbocycles. The van der Waals surface area contributed by atoms with E-state index in [1.165, 1.54) is 9.21 Å². The quantitative estimate of drug-likeness (QED) is 0.513. The van der Waals surface area contributed by atoms with Crippen molar-refractivity contribution in [2.45, 2.75) is 23.9 Å². The lowest BCUT2D eigenvalue weighted by Crippen LogP contribution is -2.53. The van der Waals surface area contributed by atoms with Gasteiger partial charge in [0.05, 0.1) is 21.5 Å². The second-order valence-electron chi connectivity index (χ2n) is 7.95. The van der Waals surface area contributed by atoms with Gasteiger partial charge in [0.1, 0.15) is 5.82 Å². The number of aromatic nitrogens is 2. The van der Waals surface area contributed by atoms with E-state index in [0.717, 1.165) is 41.1 Å². The smallest absolute Gasteiger partial charge is 0.342 e. The van der Waals surface area contributed by atoms with E-state index in [2.05, 4.69) is 15.3 Å². The second kappa shape index (κ2) is 9.63. The first-order chi connectivity index (χ1) is 16.1. The summed E-state index contributed by atoms with van der Waals surface area (Å²) in [6.45, 7) is 0.954. The number of carbonyl (C=O) groups excluding carboxylic acids is 1. The van der Waals surface area contributed by atoms with Crippen LogP contribution in [0, 0.1) is 0 Å². The molecule has 3 aromatic rings. The van der Waals surface area contributed by atoms with Crippen molar-refractivity contribution in [1.82, 2.24) is 24.5 Å². The Hall–Kier alpha value is -3.12. The van der Waals surface area contributed by atoms with E-state index in [-0.39, 0.29) is 37.1 Å². The number of urea groups is 1. The number of para-hydroxylation sites is 2. The summed E-state index contributed by atoms with van der Waals surface area (Å²) < 4.78 is 64.9. The van der Waals surface area contributed by atoms with Crippen molar-refractivity contribution in [3.63, 3.8) is 0 Å². The molecule has 0 unspecified atom stereocenters. The van der Waals surface area contributed by atoms with E-state index in [9.17, 15) is 26.4 Å². The third-order valence-corrected chi connectivity index (χ3v) is 7.56. The standard InChI is InChI=1S/C22H24F3N5O3S/c23-22(24,25)16-7-9-17(10-8-16)34(32,33)30-14-12-29(13-15-30)21(31)26-11-3-6-20-27-18-4-1-2-5-19(18)28-20/h1-2,4-5,7-10H,3,6,11-15H2,(H,26,31)(H,27,28). The first kappa shape index (κ1) is 24.0. The summed E-state index contributed by atoms with van der Waals surface area (Å²) >= 11 is 0. The van der Waals surface area contributed by atoms with Crippen LogP contribution >= 0.6 is 0 Å². The van der Waals surface area contributed by atoms with Gasteiger partial charge in [-0.3, -0.25) is 0 Å². The summed E-state index contributed by atoms with van der Waals surface area (Å²) in [5, 5.41) is 2.83. The molecule has 1 aromatic heterocycles. The normalized spacial score (nSPS) is 15.6. The number of rotatable bonds is 6. The predicted molar refractivity (Wildman–Crippen MR) is 120 cm³/mol. The van der Waals surface area contributed by atoms with Gasteiger partial charge in [-0.2, -0.15) is 17.5 Å². The van der Waals surface area contributed by atoms with Gasteiger partial charge in [-0.15, -0.1) is 0 Å². The monoisotopic (exact) mass is 495 g/mol. The maximum atomic E-state index is 12.8. The van der Waals surface area contributed by atoms with Crippen molar-refractivity contribution in [2.75, 3.05) is 32.7 Å². The van der Waals surface area contributed by atoms with E-state index in [0.29, 0.717) is 19.4 Å². The highest BCUT2D eigenvalue weighted by Crippen LogP contribution is 2.30. The van der Waals surface area contributed by atoms with Crippen molar-refractivity contribution >= 4 is 27.1 Å². The van der Waals surface area contributed by atoms with Crippen molar-refractivity contribution < 1.29 is 26.4 Å². The zero-order chi connectivity index (χ0) is 24.3. The minimum atomic E-state index is -4.53. The number of amides is 2. The fourth-order valence-electron chi connectivity index (χ4n) is 3.78. The second-order valence-corrected chi connectivity index (χ2v) is 9.89. The molecule has 1 aliphatic heterocycles. The number of halogens is 3. The van der Waals surface area contributed by atoms with Gasteiger partial charge in [-0.1, -0.05) is 12.1 Å². The van der Waals surface area contributed by atoms with Crippen LogP contribution in [0.3, 0.4) is 0 Å². The Morgan fingerprint density at radius 3 is 2.35 bits per heavy atom. The number of nitrogens with one attached hydrogen (secondary N) is 2. The van der Waals surface area contributed by atoms with E-state index in [1.807, 2.05) is 24.3 Å². The molecule has 8 nitrogen and oxygen atoms in total. The predicted octanol–water partition coefficient (Wildman–Crippen LogP) is 3.23. The van der Waals surface area contributed by atoms with Gasteiger partial charge in [0.15, 0.2) is 0 Å². The van der Waals surface area contributed by atoms with Crippen LogP contribution in [0.4, 0.5) is 18.0 Å². The SMILES string of the molecule is O=C(NCCCc1nc2ccccc2[nH]1)N1CCN(S(=O)(=O)c2ccc(C(F)(F)F)cc2)CC1. The average molecular weight is 496 g/mol. The van der Waals surface area contributed by atoms with E-state index in [4.69, 9.17) is 0 Å². The Bertz CT molecular complexity index is 1220. The number of benzene rings is 2. The van der Waals surface area contributed by atoms with Gasteiger partial charge in [-0.25, -0.2) is 18.2 Å². The van der Waals surface area contributed by atoms with Gasteiger partial charge < -0.3 is 15.2 Å². The first-order valence-corrected chi connectivity index (χ1v) is 12.2. The van der Waals surface area contributed by atoms with Crippen LogP contribution in [0.5, 0.6) is 0 Å². The van der Waals surface area contributed by atoms with Crippen LogP contribution in [0.15, 0.2) is 53.4 Å². The third-order valence-electron chi connectivity index (χ3n) is 5.65. The molecule has 2 amide bonds. The summed E-state index contributed by atoms with van der Waals surface area (Å²) in [7, 11) is -3.94. The first-order valence-electron chi connectivity index (χ1n) is 10.8. The molecular formula is C22H24F3N5O3S. The highest BCUT2D eigenvalue weighted by atomic mass is 32.2. The lowest BCUT2D eigenvalue weighted by molar-refractivity contribution is -0.137. The molecule has 1 aliphatic rings. The number of nitrogens with zero attached hydrogens (tertiary/aromatic N) is 3. The van der Waals surface area contributed by atoms with Crippen LogP contribution < -0.4 is 5.32 Å². The zero-order valence-electron chi connectivity index (χ0n) is 18.2. The number of imidazole rings is 1. The summed E-state index contributed by atoms with van der Waals surface area (Å²) in [5.41, 5.74) is 0.949. The molecule has 0 radical (unpaired) electrons. The summed E-state index contributed by atoms with van der Waals surface area (Å²) in [4.78, 5) is 21.5. The average Bonchev–Trinajstić information content (AvgIpc) is 3.24. The van der Waals surface area contributed by atoms with Crippen LogP contribution in [0.25, 0.3) is 11.0 Å². The van der Waals surface area contributed by atoms with Crippen LogP contribution in [0.2, 0.25) is 0 Å². The molecule has 12 heteroatoms. The molecule has 34 heavy (non-hydrogen) atoms. The molecule has 4 rings (SSSR count). The topological polar surface area (TPSA) is 98.4 Å². The Labute approximate surface area is 194 Å². The van der Waals surface area contributed by atoms with Crippen LogP contribution in [0.1, 0.15) is 17.8 Å². The summed E-state index contributed by atoms with van der Waals surface area (Å²) in [5.74, 6) is 0.845. The number of alkyl halides is 3. The number of fused-ring (bicyclic) bond motifs is 1. The molecule has 0 bridgehead atoms. The van der Waals surface area contributed by atoms with Gasteiger partial charge >= 0.3 is 12.2 Å². The van der Waals surface area contributed by atoms with Crippen molar-refractivity contribution in [1.29, 1.82) is 0 Å². The highest BCUT2D eigenvalue weighted by molar-refractivity contribution is 7.89. The largest absolute Gasteiger partial charge is 0.416 e. The Kier molecular flexibility index (Phi) is 6.80. The molecule has 182 valence electrons. The minimum absolute atomic E-state index is 0.0652. The number of sulfonamides is 1. The molecule has 0 saturated carbocycles. The number of piperazine rings is 1.